The van der Waals surface area contributed by atoms with Gasteiger partial charge in [-0.1, -0.05) is 27.2 Å². The van der Waals surface area contributed by atoms with Crippen LogP contribution in [0.4, 0.5) is 4.79 Å². The number of aliphatic hydroxyl groups excluding tert-OH is 1. The standard InChI is InChI=1S/C12H24N2O2/c1-4-11(9(2)3)10-5-6-14(7-10)12(16)13-8-15/h9-11,15H,4-8H2,1-3H3,(H,13,16). The van der Waals surface area contributed by atoms with Crippen LogP contribution in [-0.2, 0) is 0 Å². The quantitative estimate of drug-likeness (QED) is 0.719. The summed E-state index contributed by atoms with van der Waals surface area (Å²) in [6.45, 7) is 8.11. The van der Waals surface area contributed by atoms with Crippen molar-refractivity contribution in [1.82, 2.24) is 10.2 Å². The number of carbonyl (C=O) groups excluding carboxylic acids is 1. The van der Waals surface area contributed by atoms with Gasteiger partial charge in [0.25, 0.3) is 0 Å². The van der Waals surface area contributed by atoms with Crippen molar-refractivity contribution in [2.45, 2.75) is 33.6 Å². The lowest BCUT2D eigenvalue weighted by Gasteiger charge is -2.26. The molecule has 2 atom stereocenters. The number of nitrogens with one attached hydrogen (secondary N) is 1. The number of hydrogen-bond acceptors (Lipinski definition) is 2. The molecule has 0 aromatic rings. The van der Waals surface area contributed by atoms with Crippen LogP contribution in [-0.4, -0.2) is 35.9 Å². The van der Waals surface area contributed by atoms with Gasteiger partial charge in [-0.15, -0.1) is 0 Å². The molecule has 0 aliphatic carbocycles. The largest absolute Gasteiger partial charge is 0.376 e. The summed E-state index contributed by atoms with van der Waals surface area (Å²) >= 11 is 0. The predicted molar refractivity (Wildman–Crippen MR) is 63.9 cm³/mol. The van der Waals surface area contributed by atoms with E-state index in [2.05, 4.69) is 26.1 Å². The minimum atomic E-state index is -0.276. The van der Waals surface area contributed by atoms with Gasteiger partial charge in [-0.05, 0) is 24.2 Å². The molecule has 1 rings (SSSR count). The topological polar surface area (TPSA) is 52.6 Å². The summed E-state index contributed by atoms with van der Waals surface area (Å²) in [6, 6.07) is -0.136. The normalized spacial score (nSPS) is 22.6. The molecule has 4 heteroatoms. The maximum absolute atomic E-state index is 11.5. The average molecular weight is 228 g/mol. The predicted octanol–water partition coefficient (Wildman–Crippen LogP) is 1.65. The minimum Gasteiger partial charge on any atom is -0.376 e. The summed E-state index contributed by atoms with van der Waals surface area (Å²) < 4.78 is 0. The Balaban J connectivity index is 2.48. The van der Waals surface area contributed by atoms with Gasteiger partial charge in [0.2, 0.25) is 0 Å². The van der Waals surface area contributed by atoms with Crippen LogP contribution in [0.25, 0.3) is 0 Å². The fourth-order valence-corrected chi connectivity index (χ4v) is 2.85. The highest BCUT2D eigenvalue weighted by Gasteiger charge is 2.32. The number of hydrogen-bond donors (Lipinski definition) is 2. The monoisotopic (exact) mass is 228 g/mol. The first-order valence-corrected chi connectivity index (χ1v) is 6.23. The highest BCUT2D eigenvalue weighted by atomic mass is 16.3. The SMILES string of the molecule is CCC(C(C)C)C1CCN(C(=O)NCO)C1. The van der Waals surface area contributed by atoms with Crippen LogP contribution in [0.5, 0.6) is 0 Å². The lowest BCUT2D eigenvalue weighted by molar-refractivity contribution is 0.182. The van der Waals surface area contributed by atoms with E-state index in [1.807, 2.05) is 4.90 Å². The third kappa shape index (κ3) is 3.11. The number of carbonyl (C=O) groups is 1. The summed E-state index contributed by atoms with van der Waals surface area (Å²) in [4.78, 5) is 13.3. The molecule has 94 valence electrons. The molecule has 0 bridgehead atoms. The van der Waals surface area contributed by atoms with Crippen molar-refractivity contribution in [3.8, 4) is 0 Å². The van der Waals surface area contributed by atoms with E-state index in [9.17, 15) is 4.79 Å². The third-order valence-corrected chi connectivity index (χ3v) is 3.68. The van der Waals surface area contributed by atoms with Crippen molar-refractivity contribution in [2.24, 2.45) is 17.8 Å². The van der Waals surface area contributed by atoms with Gasteiger partial charge in [-0.25, -0.2) is 4.79 Å². The van der Waals surface area contributed by atoms with E-state index in [0.717, 1.165) is 19.5 Å². The summed E-state index contributed by atoms with van der Waals surface area (Å²) in [5.74, 6) is 2.00. The van der Waals surface area contributed by atoms with E-state index in [0.29, 0.717) is 17.8 Å². The van der Waals surface area contributed by atoms with Gasteiger partial charge in [0, 0.05) is 13.1 Å². The average Bonchev–Trinajstić information content (AvgIpc) is 2.68. The third-order valence-electron chi connectivity index (χ3n) is 3.68. The molecule has 0 aromatic heterocycles. The Kier molecular flexibility index (Phi) is 5.06. The first-order valence-electron chi connectivity index (χ1n) is 6.23. The van der Waals surface area contributed by atoms with E-state index >= 15 is 0 Å². The molecule has 1 aliphatic heterocycles. The molecule has 1 fully saturated rings. The van der Waals surface area contributed by atoms with Gasteiger partial charge in [-0.3, -0.25) is 0 Å². The van der Waals surface area contributed by atoms with Crippen molar-refractivity contribution < 1.29 is 9.90 Å². The molecule has 0 saturated carbocycles. The van der Waals surface area contributed by atoms with Crippen molar-refractivity contribution in [3.05, 3.63) is 0 Å². The first-order chi connectivity index (χ1) is 7.60. The van der Waals surface area contributed by atoms with Gasteiger partial charge in [0.15, 0.2) is 0 Å². The van der Waals surface area contributed by atoms with Crippen LogP contribution in [0.3, 0.4) is 0 Å². The Labute approximate surface area is 98.0 Å². The molecule has 0 aromatic carbocycles. The second kappa shape index (κ2) is 6.09. The number of amides is 2. The Morgan fingerprint density at radius 2 is 2.25 bits per heavy atom. The molecule has 1 aliphatic rings. The van der Waals surface area contributed by atoms with Crippen LogP contribution in [0.2, 0.25) is 0 Å². The van der Waals surface area contributed by atoms with E-state index in [-0.39, 0.29) is 12.8 Å². The summed E-state index contributed by atoms with van der Waals surface area (Å²) in [7, 11) is 0. The molecule has 1 saturated heterocycles. The highest BCUT2D eigenvalue weighted by Crippen LogP contribution is 2.31. The lowest BCUT2D eigenvalue weighted by atomic mass is 9.81. The fraction of sp³-hybridized carbons (Fsp3) is 0.917. The molecule has 1 heterocycles. The summed E-state index contributed by atoms with van der Waals surface area (Å²) in [6.07, 6.45) is 2.27. The van der Waals surface area contributed by atoms with Gasteiger partial charge in [-0.2, -0.15) is 0 Å². The Morgan fingerprint density at radius 1 is 1.56 bits per heavy atom. The fourth-order valence-electron chi connectivity index (χ4n) is 2.85. The van der Waals surface area contributed by atoms with Crippen LogP contribution in [0.15, 0.2) is 0 Å². The van der Waals surface area contributed by atoms with Crippen molar-refractivity contribution >= 4 is 6.03 Å². The Bertz CT molecular complexity index is 231. The molecule has 2 amide bonds. The second-order valence-corrected chi connectivity index (χ2v) is 4.95. The van der Waals surface area contributed by atoms with E-state index in [1.165, 1.54) is 6.42 Å². The van der Waals surface area contributed by atoms with Crippen molar-refractivity contribution in [3.63, 3.8) is 0 Å². The maximum Gasteiger partial charge on any atom is 0.319 e. The maximum atomic E-state index is 11.5. The Hall–Kier alpha value is -0.770. The van der Waals surface area contributed by atoms with Gasteiger partial charge < -0.3 is 15.3 Å². The zero-order valence-electron chi connectivity index (χ0n) is 10.6. The molecule has 2 N–H and O–H groups in total. The van der Waals surface area contributed by atoms with Crippen molar-refractivity contribution in [2.75, 3.05) is 19.8 Å². The van der Waals surface area contributed by atoms with Crippen LogP contribution < -0.4 is 5.32 Å². The summed E-state index contributed by atoms with van der Waals surface area (Å²) in [5.41, 5.74) is 0. The van der Waals surface area contributed by atoms with Crippen LogP contribution in [0.1, 0.15) is 33.6 Å². The Morgan fingerprint density at radius 3 is 2.75 bits per heavy atom. The molecular formula is C12H24N2O2. The van der Waals surface area contributed by atoms with Gasteiger partial charge in [0.05, 0.1) is 0 Å². The van der Waals surface area contributed by atoms with Gasteiger partial charge in [0.1, 0.15) is 6.73 Å². The molecule has 0 spiro atoms. The molecule has 4 nitrogen and oxygen atoms in total. The number of urea groups is 1. The number of rotatable bonds is 4. The van der Waals surface area contributed by atoms with Crippen LogP contribution >= 0.6 is 0 Å². The molecule has 2 unspecified atom stereocenters. The van der Waals surface area contributed by atoms with Crippen LogP contribution in [0, 0.1) is 17.8 Å². The van der Waals surface area contributed by atoms with Crippen molar-refractivity contribution in [1.29, 1.82) is 0 Å². The molecular weight excluding hydrogens is 204 g/mol. The molecule has 0 radical (unpaired) electrons. The second-order valence-electron chi connectivity index (χ2n) is 4.95. The number of aliphatic hydroxyl groups is 1. The van der Waals surface area contributed by atoms with E-state index < -0.39 is 0 Å². The van der Waals surface area contributed by atoms with E-state index in [1.54, 1.807) is 0 Å². The zero-order chi connectivity index (χ0) is 12.1. The summed E-state index contributed by atoms with van der Waals surface area (Å²) in [5, 5.41) is 11.1. The highest BCUT2D eigenvalue weighted by molar-refractivity contribution is 5.74. The van der Waals surface area contributed by atoms with Gasteiger partial charge >= 0.3 is 6.03 Å². The van der Waals surface area contributed by atoms with E-state index in [4.69, 9.17) is 5.11 Å². The first kappa shape index (κ1) is 13.3. The zero-order valence-corrected chi connectivity index (χ0v) is 10.6. The number of nitrogens with zero attached hydrogens (tertiary/aromatic N) is 1. The minimum absolute atomic E-state index is 0.136. The molecule has 16 heavy (non-hydrogen) atoms. The smallest absolute Gasteiger partial charge is 0.319 e. The number of likely N-dealkylation sites (tertiary alicyclic amines) is 1. The lowest BCUT2D eigenvalue weighted by Crippen LogP contribution is -2.39.